The average molecular weight is 352 g/mol. The smallest absolute Gasteiger partial charge is 0.362 e. The van der Waals surface area contributed by atoms with Crippen LogP contribution in [0, 0.1) is 6.92 Å². The van der Waals surface area contributed by atoms with Gasteiger partial charge in [-0.3, -0.25) is 0 Å². The van der Waals surface area contributed by atoms with E-state index in [9.17, 15) is 4.79 Å². The summed E-state index contributed by atoms with van der Waals surface area (Å²) in [6.07, 6.45) is 0. The Morgan fingerprint density at radius 3 is 2.54 bits per heavy atom. The quantitative estimate of drug-likeness (QED) is 0.387. The molecule has 0 saturated carbocycles. The molecular weight excluding hydrogens is 332 g/mol. The fourth-order valence-electron chi connectivity index (χ4n) is 2.77. The number of rotatable bonds is 6. The highest BCUT2D eigenvalue weighted by atomic mass is 16.6. The third kappa shape index (κ3) is 3.39. The molecule has 1 heterocycles. The molecule has 0 aliphatic rings. The molecule has 0 radical (unpaired) electrons. The number of benzene rings is 2. The van der Waals surface area contributed by atoms with E-state index in [1.54, 1.807) is 0 Å². The number of hydrogen-bond donors (Lipinski definition) is 0. The number of fused-ring (bicyclic) bond motifs is 1. The molecule has 0 bridgehead atoms. The number of oxime groups is 1. The van der Waals surface area contributed by atoms with Crippen molar-refractivity contribution in [3.05, 3.63) is 65.9 Å². The van der Waals surface area contributed by atoms with Gasteiger partial charge in [-0.05, 0) is 30.7 Å². The van der Waals surface area contributed by atoms with Crippen molar-refractivity contribution in [2.45, 2.75) is 13.7 Å². The van der Waals surface area contributed by atoms with Gasteiger partial charge >= 0.3 is 5.97 Å². The molecule has 0 unspecified atom stereocenters. The molecule has 0 spiro atoms. The minimum absolute atomic E-state index is 0.0829. The van der Waals surface area contributed by atoms with Crippen LogP contribution >= 0.6 is 0 Å². The van der Waals surface area contributed by atoms with E-state index in [-0.39, 0.29) is 12.4 Å². The lowest BCUT2D eigenvalue weighted by molar-refractivity contribution is -0.132. The van der Waals surface area contributed by atoms with Gasteiger partial charge in [0.05, 0.1) is 18.3 Å². The van der Waals surface area contributed by atoms with Crippen LogP contribution in [0.3, 0.4) is 0 Å². The maximum absolute atomic E-state index is 12.2. The topological polar surface area (TPSA) is 62.0 Å². The first-order valence-corrected chi connectivity index (χ1v) is 8.12. The molecular formula is C20H20N2O4. The van der Waals surface area contributed by atoms with Crippen LogP contribution in [-0.4, -0.2) is 30.5 Å². The molecule has 0 aliphatic carbocycles. The highest BCUT2D eigenvalue weighted by molar-refractivity contribution is 6.43. The normalized spacial score (nSPS) is 11.4. The van der Waals surface area contributed by atoms with Crippen molar-refractivity contribution in [1.29, 1.82) is 0 Å². The van der Waals surface area contributed by atoms with Crippen LogP contribution in [0.15, 0.2) is 59.8 Å². The highest BCUT2D eigenvalue weighted by Gasteiger charge is 2.22. The molecule has 3 rings (SSSR count). The van der Waals surface area contributed by atoms with Crippen molar-refractivity contribution >= 4 is 22.6 Å². The first-order valence-electron chi connectivity index (χ1n) is 8.12. The second kappa shape index (κ2) is 7.74. The molecule has 0 aliphatic heterocycles. The molecule has 0 fully saturated rings. The molecule has 26 heavy (non-hydrogen) atoms. The van der Waals surface area contributed by atoms with Crippen molar-refractivity contribution in [2.75, 3.05) is 14.2 Å². The Labute approximate surface area is 151 Å². The maximum Gasteiger partial charge on any atom is 0.362 e. The van der Waals surface area contributed by atoms with Gasteiger partial charge in [-0.2, -0.15) is 0 Å². The van der Waals surface area contributed by atoms with Gasteiger partial charge in [0.2, 0.25) is 5.71 Å². The van der Waals surface area contributed by atoms with Crippen LogP contribution in [-0.2, 0) is 21.1 Å². The molecule has 2 aromatic carbocycles. The summed E-state index contributed by atoms with van der Waals surface area (Å²) in [6, 6.07) is 17.4. The number of methoxy groups -OCH3 is 1. The molecule has 3 aromatic rings. The Morgan fingerprint density at radius 1 is 1.08 bits per heavy atom. The lowest BCUT2D eigenvalue weighted by Crippen LogP contribution is -2.22. The first-order chi connectivity index (χ1) is 12.7. The largest absolute Gasteiger partial charge is 0.472 e. The standard InChI is InChI=1S/C20H20N2O4/c1-14-8-4-7-11-18(14)26-13-22-16-10-6-5-9-15(16)12-17(22)19(21-25-3)20(23)24-2/h4-12H,13H2,1-3H3. The number of para-hydroxylation sites is 2. The van der Waals surface area contributed by atoms with E-state index in [1.165, 1.54) is 14.2 Å². The summed E-state index contributed by atoms with van der Waals surface area (Å²) in [7, 11) is 2.70. The average Bonchev–Trinajstić information content (AvgIpc) is 3.03. The summed E-state index contributed by atoms with van der Waals surface area (Å²) in [5, 5.41) is 4.82. The monoisotopic (exact) mass is 352 g/mol. The molecule has 0 atom stereocenters. The van der Waals surface area contributed by atoms with Crippen LogP contribution in [0.2, 0.25) is 0 Å². The summed E-state index contributed by atoms with van der Waals surface area (Å²) in [4.78, 5) is 17.0. The predicted molar refractivity (Wildman–Crippen MR) is 99.3 cm³/mol. The Balaban J connectivity index is 2.06. The van der Waals surface area contributed by atoms with Gasteiger partial charge in [0, 0.05) is 5.39 Å². The number of esters is 1. The summed E-state index contributed by atoms with van der Waals surface area (Å²) in [5.41, 5.74) is 2.60. The van der Waals surface area contributed by atoms with Gasteiger partial charge in [0.15, 0.2) is 6.73 Å². The molecule has 0 amide bonds. The minimum atomic E-state index is -0.577. The highest BCUT2D eigenvalue weighted by Crippen LogP contribution is 2.23. The Bertz CT molecular complexity index is 959. The Morgan fingerprint density at radius 2 is 1.81 bits per heavy atom. The minimum Gasteiger partial charge on any atom is -0.472 e. The first kappa shape index (κ1) is 17.5. The summed E-state index contributed by atoms with van der Waals surface area (Å²) < 4.78 is 12.7. The van der Waals surface area contributed by atoms with Crippen LogP contribution in [0.4, 0.5) is 0 Å². The van der Waals surface area contributed by atoms with Gasteiger partial charge in [0.25, 0.3) is 0 Å². The Kier molecular flexibility index (Phi) is 5.22. The van der Waals surface area contributed by atoms with E-state index in [0.29, 0.717) is 5.69 Å². The van der Waals surface area contributed by atoms with Crippen LogP contribution in [0.1, 0.15) is 11.3 Å². The number of hydrogen-bond acceptors (Lipinski definition) is 5. The summed E-state index contributed by atoms with van der Waals surface area (Å²) >= 11 is 0. The molecule has 1 aromatic heterocycles. The lowest BCUT2D eigenvalue weighted by atomic mass is 10.2. The third-order valence-electron chi connectivity index (χ3n) is 4.06. The van der Waals surface area contributed by atoms with Crippen molar-refractivity contribution < 1.29 is 19.1 Å². The van der Waals surface area contributed by atoms with Gasteiger partial charge in [0.1, 0.15) is 12.9 Å². The van der Waals surface area contributed by atoms with Gasteiger partial charge < -0.3 is 18.9 Å². The summed E-state index contributed by atoms with van der Waals surface area (Å²) in [6.45, 7) is 2.20. The van der Waals surface area contributed by atoms with E-state index in [1.807, 2.05) is 66.1 Å². The van der Waals surface area contributed by atoms with Crippen LogP contribution in [0.25, 0.3) is 10.9 Å². The zero-order valence-corrected chi connectivity index (χ0v) is 14.9. The van der Waals surface area contributed by atoms with E-state index in [2.05, 4.69) is 5.16 Å². The lowest BCUT2D eigenvalue weighted by Gasteiger charge is -2.14. The number of ether oxygens (including phenoxy) is 2. The Hall–Kier alpha value is -3.28. The molecule has 0 N–H and O–H groups in total. The van der Waals surface area contributed by atoms with E-state index in [0.717, 1.165) is 22.2 Å². The molecule has 134 valence electrons. The second-order valence-corrected chi connectivity index (χ2v) is 5.67. The zero-order chi connectivity index (χ0) is 18.5. The fourth-order valence-corrected chi connectivity index (χ4v) is 2.77. The van der Waals surface area contributed by atoms with E-state index >= 15 is 0 Å². The van der Waals surface area contributed by atoms with Crippen molar-refractivity contribution in [2.24, 2.45) is 5.16 Å². The number of aryl methyl sites for hydroxylation is 1. The van der Waals surface area contributed by atoms with Gasteiger partial charge in [-0.15, -0.1) is 0 Å². The molecule has 6 nitrogen and oxygen atoms in total. The number of nitrogens with zero attached hydrogens (tertiary/aromatic N) is 2. The molecule has 6 heteroatoms. The number of carbonyl (C=O) groups excluding carboxylic acids is 1. The van der Waals surface area contributed by atoms with Crippen molar-refractivity contribution in [3.8, 4) is 5.75 Å². The maximum atomic E-state index is 12.2. The summed E-state index contributed by atoms with van der Waals surface area (Å²) in [5.74, 6) is 0.200. The van der Waals surface area contributed by atoms with Crippen LogP contribution in [0.5, 0.6) is 5.75 Å². The van der Waals surface area contributed by atoms with Crippen molar-refractivity contribution in [1.82, 2.24) is 4.57 Å². The molecule has 0 saturated heterocycles. The second-order valence-electron chi connectivity index (χ2n) is 5.67. The van der Waals surface area contributed by atoms with E-state index < -0.39 is 5.97 Å². The third-order valence-corrected chi connectivity index (χ3v) is 4.06. The predicted octanol–water partition coefficient (Wildman–Crippen LogP) is 3.51. The zero-order valence-electron chi connectivity index (χ0n) is 14.9. The number of aromatic nitrogens is 1. The van der Waals surface area contributed by atoms with Crippen molar-refractivity contribution in [3.63, 3.8) is 0 Å². The SMILES string of the molecule is CON=C(C(=O)OC)c1cc2ccccc2n1COc1ccccc1C. The van der Waals surface area contributed by atoms with Gasteiger partial charge in [-0.25, -0.2) is 4.79 Å². The van der Waals surface area contributed by atoms with Gasteiger partial charge in [-0.1, -0.05) is 41.6 Å². The number of carbonyl (C=O) groups is 1. The van der Waals surface area contributed by atoms with E-state index in [4.69, 9.17) is 14.3 Å². The fraction of sp³-hybridized carbons (Fsp3) is 0.200. The van der Waals surface area contributed by atoms with Crippen LogP contribution < -0.4 is 4.74 Å².